The molecule has 3 unspecified atom stereocenters. The minimum absolute atomic E-state index is 0.717. The Kier molecular flexibility index (Phi) is 4.42. The topological polar surface area (TPSA) is 15.3 Å². The van der Waals surface area contributed by atoms with Gasteiger partial charge in [-0.05, 0) is 49.4 Å². The van der Waals surface area contributed by atoms with Gasteiger partial charge in [-0.15, -0.1) is 0 Å². The maximum Gasteiger partial charge on any atom is 0.00767 e. The van der Waals surface area contributed by atoms with Crippen LogP contribution < -0.4 is 5.32 Å². The summed E-state index contributed by atoms with van der Waals surface area (Å²) in [5.74, 6) is 1.55. The number of nitrogens with one attached hydrogen (secondary N) is 1. The maximum absolute atomic E-state index is 3.71. The number of nitrogens with zero attached hydrogens (tertiary/aromatic N) is 1. The van der Waals surface area contributed by atoms with E-state index in [1.165, 1.54) is 45.4 Å². The first-order chi connectivity index (χ1) is 9.76. The fourth-order valence-electron chi connectivity index (χ4n) is 3.76. The molecule has 0 radical (unpaired) electrons. The molecule has 1 heterocycles. The summed E-state index contributed by atoms with van der Waals surface area (Å²) in [6, 6.07) is 9.70. The highest BCUT2D eigenvalue weighted by Gasteiger charge is 2.28. The molecule has 2 nitrogen and oxygen atoms in total. The van der Waals surface area contributed by atoms with Crippen molar-refractivity contribution in [3.05, 3.63) is 35.4 Å². The van der Waals surface area contributed by atoms with E-state index in [4.69, 9.17) is 0 Å². The monoisotopic (exact) mass is 272 g/mol. The molecule has 1 N–H and O–H groups in total. The van der Waals surface area contributed by atoms with Gasteiger partial charge in [0, 0.05) is 25.0 Å². The van der Waals surface area contributed by atoms with Crippen molar-refractivity contribution in [1.82, 2.24) is 10.2 Å². The van der Waals surface area contributed by atoms with E-state index in [-0.39, 0.29) is 0 Å². The Morgan fingerprint density at radius 2 is 2.15 bits per heavy atom. The second-order valence-corrected chi connectivity index (χ2v) is 6.77. The molecule has 20 heavy (non-hydrogen) atoms. The molecule has 0 spiro atoms. The van der Waals surface area contributed by atoms with Crippen LogP contribution in [0.15, 0.2) is 24.3 Å². The average Bonchev–Trinajstić information content (AvgIpc) is 2.42. The SMILES string of the molecule is CCC1CCN(CC2Cc3ccccc32)CC(C)CN1. The highest BCUT2D eigenvalue weighted by atomic mass is 15.1. The van der Waals surface area contributed by atoms with Crippen molar-refractivity contribution in [1.29, 1.82) is 0 Å². The molecule has 1 aromatic rings. The fraction of sp³-hybridized carbons (Fsp3) is 0.667. The molecule has 2 aliphatic rings. The Labute approximate surface area is 123 Å². The van der Waals surface area contributed by atoms with E-state index >= 15 is 0 Å². The van der Waals surface area contributed by atoms with Crippen molar-refractivity contribution in [2.24, 2.45) is 5.92 Å². The minimum atomic E-state index is 0.717. The largest absolute Gasteiger partial charge is 0.314 e. The van der Waals surface area contributed by atoms with E-state index in [0.29, 0.717) is 6.04 Å². The third-order valence-electron chi connectivity index (χ3n) is 5.05. The van der Waals surface area contributed by atoms with Gasteiger partial charge in [-0.1, -0.05) is 38.1 Å². The van der Waals surface area contributed by atoms with Crippen LogP contribution in [0.2, 0.25) is 0 Å². The van der Waals surface area contributed by atoms with Gasteiger partial charge >= 0.3 is 0 Å². The van der Waals surface area contributed by atoms with Gasteiger partial charge in [0.05, 0.1) is 0 Å². The van der Waals surface area contributed by atoms with E-state index in [1.807, 2.05) is 0 Å². The molecule has 1 aliphatic carbocycles. The van der Waals surface area contributed by atoms with Crippen molar-refractivity contribution in [2.75, 3.05) is 26.2 Å². The van der Waals surface area contributed by atoms with E-state index < -0.39 is 0 Å². The van der Waals surface area contributed by atoms with Crippen LogP contribution in [0.4, 0.5) is 0 Å². The molecule has 1 aromatic carbocycles. The third-order valence-corrected chi connectivity index (χ3v) is 5.05. The smallest absolute Gasteiger partial charge is 0.00767 e. The molecule has 0 saturated carbocycles. The minimum Gasteiger partial charge on any atom is -0.314 e. The van der Waals surface area contributed by atoms with Crippen LogP contribution in [-0.2, 0) is 6.42 Å². The van der Waals surface area contributed by atoms with Gasteiger partial charge < -0.3 is 10.2 Å². The Bertz CT molecular complexity index is 443. The first-order valence-corrected chi connectivity index (χ1v) is 8.29. The summed E-state index contributed by atoms with van der Waals surface area (Å²) in [6.07, 6.45) is 3.85. The van der Waals surface area contributed by atoms with Gasteiger partial charge in [-0.3, -0.25) is 0 Å². The second kappa shape index (κ2) is 6.28. The molecule has 0 amide bonds. The summed E-state index contributed by atoms with van der Waals surface area (Å²) in [5, 5.41) is 3.71. The molecule has 0 bridgehead atoms. The van der Waals surface area contributed by atoms with Crippen LogP contribution in [0.5, 0.6) is 0 Å². The van der Waals surface area contributed by atoms with Crippen molar-refractivity contribution < 1.29 is 0 Å². The lowest BCUT2D eigenvalue weighted by Gasteiger charge is -2.38. The summed E-state index contributed by atoms with van der Waals surface area (Å²) in [4.78, 5) is 2.72. The standard InChI is InChI=1S/C18H28N2/c1-3-17-8-9-20(12-14(2)11-19-17)13-16-10-15-6-4-5-7-18(15)16/h4-7,14,16-17,19H,3,8-13H2,1-2H3. The highest BCUT2D eigenvalue weighted by molar-refractivity contribution is 5.40. The summed E-state index contributed by atoms with van der Waals surface area (Å²) < 4.78 is 0. The first kappa shape index (κ1) is 14.1. The van der Waals surface area contributed by atoms with Crippen LogP contribution in [0.25, 0.3) is 0 Å². The average molecular weight is 272 g/mol. The second-order valence-electron chi connectivity index (χ2n) is 6.77. The lowest BCUT2D eigenvalue weighted by molar-refractivity contribution is 0.183. The molecule has 3 atom stereocenters. The van der Waals surface area contributed by atoms with Crippen molar-refractivity contribution in [2.45, 2.75) is 45.1 Å². The summed E-state index contributed by atoms with van der Waals surface area (Å²) in [6.45, 7) is 9.63. The van der Waals surface area contributed by atoms with Gasteiger partial charge in [0.15, 0.2) is 0 Å². The zero-order chi connectivity index (χ0) is 13.9. The van der Waals surface area contributed by atoms with Gasteiger partial charge in [0.2, 0.25) is 0 Å². The quantitative estimate of drug-likeness (QED) is 0.910. The van der Waals surface area contributed by atoms with Gasteiger partial charge in [-0.25, -0.2) is 0 Å². The Morgan fingerprint density at radius 1 is 1.30 bits per heavy atom. The van der Waals surface area contributed by atoms with E-state index in [0.717, 1.165) is 11.8 Å². The number of hydrogen-bond donors (Lipinski definition) is 1. The lowest BCUT2D eigenvalue weighted by Crippen LogP contribution is -2.45. The molecular weight excluding hydrogens is 244 g/mol. The molecule has 0 aromatic heterocycles. The van der Waals surface area contributed by atoms with E-state index in [1.54, 1.807) is 11.1 Å². The Morgan fingerprint density at radius 3 is 2.95 bits per heavy atom. The van der Waals surface area contributed by atoms with Crippen LogP contribution >= 0.6 is 0 Å². The number of rotatable bonds is 3. The molecule has 2 heteroatoms. The normalized spacial score (nSPS) is 31.0. The van der Waals surface area contributed by atoms with Crippen LogP contribution in [0.1, 0.15) is 43.7 Å². The van der Waals surface area contributed by atoms with E-state index in [2.05, 4.69) is 48.3 Å². The zero-order valence-electron chi connectivity index (χ0n) is 12.9. The van der Waals surface area contributed by atoms with Gasteiger partial charge in [-0.2, -0.15) is 0 Å². The third kappa shape index (κ3) is 3.07. The molecule has 3 rings (SSSR count). The predicted octanol–water partition coefficient (Wildman–Crippen LogP) is 3.04. The number of benzene rings is 1. The van der Waals surface area contributed by atoms with Crippen LogP contribution in [0, 0.1) is 5.92 Å². The van der Waals surface area contributed by atoms with E-state index in [9.17, 15) is 0 Å². The predicted molar refractivity (Wildman–Crippen MR) is 85.2 cm³/mol. The Balaban J connectivity index is 1.59. The van der Waals surface area contributed by atoms with Gasteiger partial charge in [0.25, 0.3) is 0 Å². The maximum atomic E-state index is 3.71. The van der Waals surface area contributed by atoms with Crippen molar-refractivity contribution >= 4 is 0 Å². The fourth-order valence-corrected chi connectivity index (χ4v) is 3.76. The first-order valence-electron chi connectivity index (χ1n) is 8.29. The van der Waals surface area contributed by atoms with Crippen molar-refractivity contribution in [3.8, 4) is 0 Å². The number of hydrogen-bond acceptors (Lipinski definition) is 2. The summed E-state index contributed by atoms with van der Waals surface area (Å²) in [7, 11) is 0. The zero-order valence-corrected chi connectivity index (χ0v) is 12.9. The summed E-state index contributed by atoms with van der Waals surface area (Å²) >= 11 is 0. The van der Waals surface area contributed by atoms with Crippen molar-refractivity contribution in [3.63, 3.8) is 0 Å². The number of fused-ring (bicyclic) bond motifs is 1. The Hall–Kier alpha value is -0.860. The molecule has 1 aliphatic heterocycles. The van der Waals surface area contributed by atoms with Crippen LogP contribution in [0.3, 0.4) is 0 Å². The summed E-state index contributed by atoms with van der Waals surface area (Å²) in [5.41, 5.74) is 3.18. The lowest BCUT2D eigenvalue weighted by atomic mass is 9.77. The van der Waals surface area contributed by atoms with Crippen LogP contribution in [-0.4, -0.2) is 37.1 Å². The van der Waals surface area contributed by atoms with Gasteiger partial charge in [0.1, 0.15) is 0 Å². The highest BCUT2D eigenvalue weighted by Crippen LogP contribution is 2.35. The molecule has 110 valence electrons. The molecule has 1 saturated heterocycles. The molecule has 1 fully saturated rings. The molecular formula is C18H28N2.